The SMILES string of the molecule is CCCCNC(=O)C(CC)N(Cc1ccccc1Cl)C(=O)CN(c1cc(C(F)(F)F)ccc1Cl)S(=O)(=O)c1ccccc1. The van der Waals surface area contributed by atoms with Crippen LogP contribution in [0.3, 0.4) is 0 Å². The first kappa shape index (κ1) is 34.2. The largest absolute Gasteiger partial charge is 0.416 e. The lowest BCUT2D eigenvalue weighted by Crippen LogP contribution is -2.52. The predicted molar refractivity (Wildman–Crippen MR) is 161 cm³/mol. The van der Waals surface area contributed by atoms with Crippen molar-refractivity contribution >= 4 is 50.7 Å². The zero-order valence-electron chi connectivity index (χ0n) is 23.6. The highest BCUT2D eigenvalue weighted by Crippen LogP contribution is 2.37. The smallest absolute Gasteiger partial charge is 0.354 e. The van der Waals surface area contributed by atoms with Crippen molar-refractivity contribution in [2.75, 3.05) is 17.4 Å². The minimum Gasteiger partial charge on any atom is -0.354 e. The minimum absolute atomic E-state index is 0.159. The number of alkyl halides is 3. The van der Waals surface area contributed by atoms with Crippen LogP contribution in [0, 0.1) is 0 Å². The summed E-state index contributed by atoms with van der Waals surface area (Å²) in [5, 5.41) is 2.80. The van der Waals surface area contributed by atoms with Crippen molar-refractivity contribution in [1.29, 1.82) is 0 Å². The minimum atomic E-state index is -4.81. The van der Waals surface area contributed by atoms with E-state index in [1.165, 1.54) is 29.2 Å². The van der Waals surface area contributed by atoms with Gasteiger partial charge in [0, 0.05) is 18.1 Å². The molecule has 13 heteroatoms. The van der Waals surface area contributed by atoms with E-state index in [-0.39, 0.29) is 22.9 Å². The Labute approximate surface area is 259 Å². The molecule has 3 aromatic carbocycles. The highest BCUT2D eigenvalue weighted by atomic mass is 35.5. The molecule has 3 aromatic rings. The molecule has 2 amide bonds. The highest BCUT2D eigenvalue weighted by Gasteiger charge is 2.37. The van der Waals surface area contributed by atoms with Crippen molar-refractivity contribution in [3.8, 4) is 0 Å². The topological polar surface area (TPSA) is 86.8 Å². The monoisotopic (exact) mass is 657 g/mol. The van der Waals surface area contributed by atoms with E-state index >= 15 is 0 Å². The third-order valence-corrected chi connectivity index (χ3v) is 9.13. The van der Waals surface area contributed by atoms with Gasteiger partial charge in [0.2, 0.25) is 11.8 Å². The Morgan fingerprint density at radius 3 is 2.19 bits per heavy atom. The first-order chi connectivity index (χ1) is 20.3. The quantitative estimate of drug-likeness (QED) is 0.202. The summed E-state index contributed by atoms with van der Waals surface area (Å²) in [7, 11) is -4.61. The lowest BCUT2D eigenvalue weighted by Gasteiger charge is -2.33. The molecule has 0 aromatic heterocycles. The van der Waals surface area contributed by atoms with Gasteiger partial charge in [-0.2, -0.15) is 13.2 Å². The summed E-state index contributed by atoms with van der Waals surface area (Å²) in [6.45, 7) is 2.92. The number of benzene rings is 3. The van der Waals surface area contributed by atoms with Gasteiger partial charge in [-0.15, -0.1) is 0 Å². The maximum absolute atomic E-state index is 14.1. The van der Waals surface area contributed by atoms with Crippen LogP contribution in [0.25, 0.3) is 0 Å². The Balaban J connectivity index is 2.14. The molecule has 1 unspecified atom stereocenters. The van der Waals surface area contributed by atoms with Gasteiger partial charge < -0.3 is 10.2 Å². The van der Waals surface area contributed by atoms with E-state index < -0.39 is 51.9 Å². The molecule has 232 valence electrons. The maximum atomic E-state index is 14.1. The van der Waals surface area contributed by atoms with Crippen LogP contribution in [-0.4, -0.2) is 44.3 Å². The molecule has 0 saturated heterocycles. The fraction of sp³-hybridized carbons (Fsp3) is 0.333. The van der Waals surface area contributed by atoms with Gasteiger partial charge in [0.15, 0.2) is 0 Å². The van der Waals surface area contributed by atoms with Gasteiger partial charge in [-0.3, -0.25) is 13.9 Å². The molecule has 0 bridgehead atoms. The molecular formula is C30H32Cl2F3N3O4S. The summed E-state index contributed by atoms with van der Waals surface area (Å²) in [5.74, 6) is -1.30. The number of carbonyl (C=O) groups excluding carboxylic acids is 2. The molecule has 0 fully saturated rings. The Kier molecular flexibility index (Phi) is 11.9. The van der Waals surface area contributed by atoms with Gasteiger partial charge in [-0.1, -0.05) is 79.9 Å². The number of anilines is 1. The molecular weight excluding hydrogens is 626 g/mol. The van der Waals surface area contributed by atoms with Crippen LogP contribution in [0.2, 0.25) is 10.0 Å². The van der Waals surface area contributed by atoms with Crippen molar-refractivity contribution in [3.63, 3.8) is 0 Å². The van der Waals surface area contributed by atoms with Crippen LogP contribution in [0.15, 0.2) is 77.7 Å². The number of carbonyl (C=O) groups is 2. The summed E-state index contributed by atoms with van der Waals surface area (Å²) in [6, 6.07) is 14.8. The van der Waals surface area contributed by atoms with E-state index in [0.717, 1.165) is 18.6 Å². The van der Waals surface area contributed by atoms with Gasteiger partial charge in [0.1, 0.15) is 12.6 Å². The maximum Gasteiger partial charge on any atom is 0.416 e. The highest BCUT2D eigenvalue weighted by molar-refractivity contribution is 7.92. The summed E-state index contributed by atoms with van der Waals surface area (Å²) >= 11 is 12.6. The molecule has 0 aliphatic carbocycles. The second-order valence-electron chi connectivity index (χ2n) is 9.67. The van der Waals surface area contributed by atoms with Crippen molar-refractivity contribution in [2.45, 2.75) is 56.8 Å². The van der Waals surface area contributed by atoms with Crippen LogP contribution in [0.1, 0.15) is 44.2 Å². The zero-order valence-corrected chi connectivity index (χ0v) is 25.9. The fourth-order valence-electron chi connectivity index (χ4n) is 4.35. The van der Waals surface area contributed by atoms with Crippen molar-refractivity contribution in [3.05, 3.63) is 94.0 Å². The Morgan fingerprint density at radius 1 is 0.930 bits per heavy atom. The molecule has 0 heterocycles. The van der Waals surface area contributed by atoms with Gasteiger partial charge in [0.25, 0.3) is 10.0 Å². The first-order valence-corrected chi connectivity index (χ1v) is 15.8. The molecule has 0 aliphatic heterocycles. The zero-order chi connectivity index (χ0) is 31.8. The number of hydrogen-bond acceptors (Lipinski definition) is 4. The Hall–Kier alpha value is -3.28. The van der Waals surface area contributed by atoms with Crippen LogP contribution in [0.4, 0.5) is 18.9 Å². The van der Waals surface area contributed by atoms with Crippen LogP contribution in [-0.2, 0) is 32.3 Å². The molecule has 3 rings (SSSR count). The number of unbranched alkanes of at least 4 members (excludes halogenated alkanes) is 1. The predicted octanol–water partition coefficient (Wildman–Crippen LogP) is 6.93. The fourth-order valence-corrected chi connectivity index (χ4v) is 6.26. The number of nitrogens with zero attached hydrogens (tertiary/aromatic N) is 2. The summed E-state index contributed by atoms with van der Waals surface area (Å²) < 4.78 is 69.3. The molecule has 1 atom stereocenters. The normalized spacial score (nSPS) is 12.4. The second kappa shape index (κ2) is 14.9. The number of rotatable bonds is 13. The lowest BCUT2D eigenvalue weighted by molar-refractivity contribution is -0.140. The molecule has 7 nitrogen and oxygen atoms in total. The number of hydrogen-bond donors (Lipinski definition) is 1. The lowest BCUT2D eigenvalue weighted by atomic mass is 10.1. The van der Waals surface area contributed by atoms with Crippen LogP contribution in [0.5, 0.6) is 0 Å². The number of amides is 2. The van der Waals surface area contributed by atoms with Crippen LogP contribution < -0.4 is 9.62 Å². The van der Waals surface area contributed by atoms with E-state index in [1.807, 2.05) is 6.92 Å². The average Bonchev–Trinajstić information content (AvgIpc) is 2.97. The molecule has 0 radical (unpaired) electrons. The van der Waals surface area contributed by atoms with Gasteiger partial charge in [-0.05, 0) is 54.8 Å². The standard InChI is InChI=1S/C30H32Cl2F3N3O4S/c1-3-5-17-36-29(40)26(4-2)37(19-21-11-9-10-14-24(21)31)28(39)20-38(43(41,42)23-12-7-6-8-13-23)27-18-22(30(33,34)35)15-16-25(27)32/h6-16,18,26H,3-5,17,19-20H2,1-2H3,(H,36,40). The third-order valence-electron chi connectivity index (χ3n) is 6.67. The molecule has 43 heavy (non-hydrogen) atoms. The van der Waals surface area contributed by atoms with E-state index in [4.69, 9.17) is 23.2 Å². The third kappa shape index (κ3) is 8.64. The van der Waals surface area contributed by atoms with Gasteiger partial charge >= 0.3 is 6.18 Å². The summed E-state index contributed by atoms with van der Waals surface area (Å²) in [6.07, 6.45) is -3.11. The summed E-state index contributed by atoms with van der Waals surface area (Å²) in [4.78, 5) is 28.2. The Morgan fingerprint density at radius 2 is 1.58 bits per heavy atom. The van der Waals surface area contributed by atoms with E-state index in [1.54, 1.807) is 37.3 Å². The number of halogens is 5. The average molecular weight is 659 g/mol. The molecule has 0 spiro atoms. The van der Waals surface area contributed by atoms with E-state index in [2.05, 4.69) is 5.32 Å². The summed E-state index contributed by atoms with van der Waals surface area (Å²) in [5.41, 5.74) is -1.19. The van der Waals surface area contributed by atoms with Gasteiger partial charge in [-0.25, -0.2) is 8.42 Å². The van der Waals surface area contributed by atoms with Crippen molar-refractivity contribution < 1.29 is 31.2 Å². The van der Waals surface area contributed by atoms with Crippen LogP contribution >= 0.6 is 23.2 Å². The molecule has 1 N–H and O–H groups in total. The number of sulfonamides is 1. The van der Waals surface area contributed by atoms with E-state index in [0.29, 0.717) is 33.9 Å². The first-order valence-electron chi connectivity index (χ1n) is 13.6. The number of nitrogens with one attached hydrogen (secondary N) is 1. The Bertz CT molecular complexity index is 1520. The second-order valence-corrected chi connectivity index (χ2v) is 12.3. The van der Waals surface area contributed by atoms with Gasteiger partial charge in [0.05, 0.1) is 21.2 Å². The molecule has 0 saturated carbocycles. The van der Waals surface area contributed by atoms with E-state index in [9.17, 15) is 31.2 Å². The van der Waals surface area contributed by atoms with Crippen molar-refractivity contribution in [1.82, 2.24) is 10.2 Å². The van der Waals surface area contributed by atoms with Crippen molar-refractivity contribution in [2.24, 2.45) is 0 Å². The molecule has 0 aliphatic rings.